The molecule has 0 aromatic carbocycles. The van der Waals surface area contributed by atoms with E-state index in [4.69, 9.17) is 9.47 Å². The molecule has 0 radical (unpaired) electrons. The fourth-order valence-electron chi connectivity index (χ4n) is 2.08. The third-order valence-corrected chi connectivity index (χ3v) is 4.58. The van der Waals surface area contributed by atoms with Crippen LogP contribution in [0.2, 0.25) is 0 Å². The average Bonchev–Trinajstić information content (AvgIpc) is 2.97. The second-order valence-electron chi connectivity index (χ2n) is 5.36. The number of guanidine groups is 1. The second-order valence-corrected chi connectivity index (χ2v) is 6.39. The van der Waals surface area contributed by atoms with Crippen molar-refractivity contribution in [3.05, 3.63) is 15.6 Å². The molecular weight excluding hydrogens is 467 g/mol. The van der Waals surface area contributed by atoms with Crippen molar-refractivity contribution in [3.8, 4) is 0 Å². The molecule has 0 bridgehead atoms. The highest BCUT2D eigenvalue weighted by Gasteiger charge is 2.20. The van der Waals surface area contributed by atoms with Gasteiger partial charge in [0.2, 0.25) is 0 Å². The molecule has 0 spiro atoms. The Morgan fingerprint density at radius 3 is 2.65 bits per heavy atom. The van der Waals surface area contributed by atoms with Crippen LogP contribution >= 0.6 is 35.3 Å². The molecule has 7 nitrogen and oxygen atoms in total. The zero-order chi connectivity index (χ0) is 18.7. The SMILES string of the molecule is CCNC(=NCCCOCC)NC(C)c1nc(C)c(C(=O)OCC)s1.I. The minimum atomic E-state index is -0.313. The van der Waals surface area contributed by atoms with Crippen molar-refractivity contribution >= 4 is 47.2 Å². The molecule has 0 saturated carbocycles. The van der Waals surface area contributed by atoms with Gasteiger partial charge in [-0.15, -0.1) is 35.3 Å². The normalized spacial score (nSPS) is 12.3. The van der Waals surface area contributed by atoms with Crippen LogP contribution in [0.4, 0.5) is 0 Å². The molecule has 2 N–H and O–H groups in total. The molecule has 150 valence electrons. The Hall–Kier alpha value is -0.940. The van der Waals surface area contributed by atoms with E-state index in [0.717, 1.165) is 30.5 Å². The van der Waals surface area contributed by atoms with Gasteiger partial charge in [0, 0.05) is 26.3 Å². The Labute approximate surface area is 177 Å². The number of hydrogen-bond acceptors (Lipinski definition) is 6. The van der Waals surface area contributed by atoms with Gasteiger partial charge in [-0.1, -0.05) is 0 Å². The Morgan fingerprint density at radius 1 is 1.31 bits per heavy atom. The Bertz CT molecular complexity index is 566. The maximum absolute atomic E-state index is 11.9. The zero-order valence-electron chi connectivity index (χ0n) is 16.3. The summed E-state index contributed by atoms with van der Waals surface area (Å²) in [6.07, 6.45) is 0.877. The van der Waals surface area contributed by atoms with Crippen molar-refractivity contribution in [1.29, 1.82) is 0 Å². The Kier molecular flexibility index (Phi) is 13.6. The molecule has 0 aliphatic carbocycles. The fourth-order valence-corrected chi connectivity index (χ4v) is 3.04. The van der Waals surface area contributed by atoms with Gasteiger partial charge in [0.1, 0.15) is 9.88 Å². The lowest BCUT2D eigenvalue weighted by molar-refractivity contribution is 0.0531. The molecule has 0 amide bonds. The molecule has 1 heterocycles. The van der Waals surface area contributed by atoms with Crippen LogP contribution in [-0.2, 0) is 9.47 Å². The average molecular weight is 498 g/mol. The van der Waals surface area contributed by atoms with E-state index in [1.807, 2.05) is 27.7 Å². The lowest BCUT2D eigenvalue weighted by Gasteiger charge is -2.16. The van der Waals surface area contributed by atoms with Crippen molar-refractivity contribution in [2.24, 2.45) is 4.99 Å². The lowest BCUT2D eigenvalue weighted by Crippen LogP contribution is -2.38. The number of ether oxygens (including phenoxy) is 2. The lowest BCUT2D eigenvalue weighted by atomic mass is 10.3. The summed E-state index contributed by atoms with van der Waals surface area (Å²) < 4.78 is 10.4. The third kappa shape index (κ3) is 8.63. The molecule has 1 aromatic heterocycles. The van der Waals surface area contributed by atoms with Crippen LogP contribution in [0.3, 0.4) is 0 Å². The van der Waals surface area contributed by atoms with E-state index in [9.17, 15) is 4.79 Å². The number of hydrogen-bond donors (Lipinski definition) is 2. The number of nitrogens with zero attached hydrogens (tertiary/aromatic N) is 2. The highest BCUT2D eigenvalue weighted by atomic mass is 127. The summed E-state index contributed by atoms with van der Waals surface area (Å²) >= 11 is 1.36. The molecule has 0 fully saturated rings. The summed E-state index contributed by atoms with van der Waals surface area (Å²) in [7, 11) is 0. The van der Waals surface area contributed by atoms with Gasteiger partial charge in [-0.25, -0.2) is 9.78 Å². The van der Waals surface area contributed by atoms with Gasteiger partial charge in [0.25, 0.3) is 0 Å². The van der Waals surface area contributed by atoms with Gasteiger partial charge in [-0.2, -0.15) is 0 Å². The number of esters is 1. The molecule has 26 heavy (non-hydrogen) atoms. The van der Waals surface area contributed by atoms with E-state index in [1.165, 1.54) is 11.3 Å². The number of carbonyl (C=O) groups is 1. The number of halogens is 1. The van der Waals surface area contributed by atoms with Gasteiger partial charge in [0.05, 0.1) is 18.3 Å². The number of aliphatic imine (C=N–C) groups is 1. The monoisotopic (exact) mass is 498 g/mol. The number of rotatable bonds is 10. The number of aryl methyl sites for hydroxylation is 1. The first-order valence-electron chi connectivity index (χ1n) is 8.80. The van der Waals surface area contributed by atoms with Crippen LogP contribution in [0.25, 0.3) is 0 Å². The minimum Gasteiger partial charge on any atom is -0.462 e. The Morgan fingerprint density at radius 2 is 2.04 bits per heavy atom. The van der Waals surface area contributed by atoms with E-state index in [-0.39, 0.29) is 36.0 Å². The van der Waals surface area contributed by atoms with E-state index in [1.54, 1.807) is 6.92 Å². The molecule has 0 aliphatic heterocycles. The van der Waals surface area contributed by atoms with Crippen molar-refractivity contribution < 1.29 is 14.3 Å². The summed E-state index contributed by atoms with van der Waals surface area (Å²) in [4.78, 5) is 21.5. The van der Waals surface area contributed by atoms with Crippen molar-refractivity contribution in [1.82, 2.24) is 15.6 Å². The number of thiazole rings is 1. The smallest absolute Gasteiger partial charge is 0.350 e. The zero-order valence-corrected chi connectivity index (χ0v) is 19.4. The Balaban J connectivity index is 0.00000625. The van der Waals surface area contributed by atoms with Crippen LogP contribution in [0.5, 0.6) is 0 Å². The van der Waals surface area contributed by atoms with Crippen LogP contribution < -0.4 is 10.6 Å². The van der Waals surface area contributed by atoms with E-state index in [0.29, 0.717) is 30.3 Å². The maximum atomic E-state index is 11.9. The van der Waals surface area contributed by atoms with Gasteiger partial charge >= 0.3 is 5.97 Å². The summed E-state index contributed by atoms with van der Waals surface area (Å²) in [6.45, 7) is 12.9. The van der Waals surface area contributed by atoms with E-state index in [2.05, 4.69) is 20.6 Å². The van der Waals surface area contributed by atoms with Crippen molar-refractivity contribution in [3.63, 3.8) is 0 Å². The van der Waals surface area contributed by atoms with Gasteiger partial charge in [0.15, 0.2) is 5.96 Å². The molecule has 9 heteroatoms. The largest absolute Gasteiger partial charge is 0.462 e. The van der Waals surface area contributed by atoms with Crippen molar-refractivity contribution in [2.45, 2.75) is 47.1 Å². The standard InChI is InChI=1S/C17H30N4O3S.HI/c1-6-18-17(19-10-9-11-23-7-2)21-13(5)15-20-12(4)14(25-15)16(22)24-8-3;/h13H,6-11H2,1-5H3,(H2,18,19,21);1H. The summed E-state index contributed by atoms with van der Waals surface area (Å²) in [5, 5.41) is 7.39. The van der Waals surface area contributed by atoms with Gasteiger partial charge in [-0.05, 0) is 41.0 Å². The number of aromatic nitrogens is 1. The van der Waals surface area contributed by atoms with Crippen LogP contribution in [0.1, 0.15) is 60.5 Å². The van der Waals surface area contributed by atoms with Crippen LogP contribution in [0.15, 0.2) is 4.99 Å². The third-order valence-electron chi connectivity index (χ3n) is 3.26. The second kappa shape index (κ2) is 14.2. The quantitative estimate of drug-likeness (QED) is 0.169. The molecule has 1 aromatic rings. The van der Waals surface area contributed by atoms with Crippen LogP contribution in [0, 0.1) is 6.92 Å². The number of carbonyl (C=O) groups excluding carboxylic acids is 1. The predicted molar refractivity (Wildman–Crippen MR) is 117 cm³/mol. The van der Waals surface area contributed by atoms with E-state index >= 15 is 0 Å². The molecule has 1 rings (SSSR count). The minimum absolute atomic E-state index is 0. The molecule has 1 atom stereocenters. The molecule has 0 aliphatic rings. The summed E-state index contributed by atoms with van der Waals surface area (Å²) in [6, 6.07) is -0.0587. The maximum Gasteiger partial charge on any atom is 0.350 e. The van der Waals surface area contributed by atoms with Crippen LogP contribution in [-0.4, -0.2) is 49.8 Å². The van der Waals surface area contributed by atoms with Gasteiger partial charge < -0.3 is 20.1 Å². The number of nitrogens with one attached hydrogen (secondary N) is 2. The van der Waals surface area contributed by atoms with E-state index < -0.39 is 0 Å². The van der Waals surface area contributed by atoms with Gasteiger partial charge in [-0.3, -0.25) is 4.99 Å². The predicted octanol–water partition coefficient (Wildman–Crippen LogP) is 3.29. The summed E-state index contributed by atoms with van der Waals surface area (Å²) in [5.74, 6) is 0.421. The topological polar surface area (TPSA) is 84.8 Å². The fraction of sp³-hybridized carbons (Fsp3) is 0.706. The first-order valence-corrected chi connectivity index (χ1v) is 9.62. The van der Waals surface area contributed by atoms with Crippen molar-refractivity contribution in [2.75, 3.05) is 32.9 Å². The highest BCUT2D eigenvalue weighted by Crippen LogP contribution is 2.24. The first kappa shape index (κ1) is 25.1. The molecule has 1 unspecified atom stereocenters. The molecular formula is C17H31IN4O3S. The molecule has 0 saturated heterocycles. The highest BCUT2D eigenvalue weighted by molar-refractivity contribution is 14.0. The first-order chi connectivity index (χ1) is 12.0. The summed E-state index contributed by atoms with van der Waals surface area (Å²) in [5.41, 5.74) is 0.700.